The summed E-state index contributed by atoms with van der Waals surface area (Å²) in [5.41, 5.74) is 0.302. The molecule has 1 aliphatic rings. The second-order valence-electron chi connectivity index (χ2n) is 14.0. The Morgan fingerprint density at radius 1 is 0.956 bits per heavy atom. The fourth-order valence-electron chi connectivity index (χ4n) is 6.23. The standard InChI is InChI=1S/C36H49N3O5Si/c1-35(2,3)43-34(42)37-23-13-14-27(33(40)41)24-28-25-39(26-38-28)29-19-21-30(22-20-29)44-45(36(4,5)6,31-15-9-7-10-16-31)32-17-11-8-12-18-32/h7-12,15-18,24-26,29-30H,13-14,19-23H2,1-6H3,(H,37,42)(H,40,41)/b27-24+/t29-,30+. The van der Waals surface area contributed by atoms with Gasteiger partial charge in [0.2, 0.25) is 0 Å². The number of rotatable bonds is 11. The van der Waals surface area contributed by atoms with E-state index >= 15 is 0 Å². The van der Waals surface area contributed by atoms with Crippen LogP contribution in [0.1, 0.15) is 91.8 Å². The van der Waals surface area contributed by atoms with Crippen molar-refractivity contribution in [2.24, 2.45) is 0 Å². The van der Waals surface area contributed by atoms with Gasteiger partial charge in [0.05, 0.1) is 12.0 Å². The van der Waals surface area contributed by atoms with Crippen LogP contribution >= 0.6 is 0 Å². The largest absolute Gasteiger partial charge is 0.478 e. The SMILES string of the molecule is CC(C)(C)OC(=O)NCCC/C(=C\c1cn([C@H]2CC[C@@H](O[Si](c3ccccc3)(c3ccccc3)C(C)(C)C)CC2)cn1)C(=O)O. The summed E-state index contributed by atoms with van der Waals surface area (Å²) in [7, 11) is -2.61. The number of imidazole rings is 1. The number of alkyl carbamates (subject to hydrolysis) is 1. The predicted octanol–water partition coefficient (Wildman–Crippen LogP) is 6.72. The summed E-state index contributed by atoms with van der Waals surface area (Å²) in [5, 5.41) is 15.0. The van der Waals surface area contributed by atoms with Crippen molar-refractivity contribution in [2.75, 3.05) is 6.54 Å². The molecule has 0 aliphatic heterocycles. The van der Waals surface area contributed by atoms with E-state index in [1.807, 2.05) is 12.5 Å². The molecule has 4 rings (SSSR count). The second-order valence-corrected chi connectivity index (χ2v) is 18.2. The first-order chi connectivity index (χ1) is 21.3. The summed E-state index contributed by atoms with van der Waals surface area (Å²) in [5.74, 6) is -0.984. The lowest BCUT2D eigenvalue weighted by atomic mass is 9.93. The molecule has 242 valence electrons. The van der Waals surface area contributed by atoms with E-state index in [0.717, 1.165) is 25.7 Å². The molecule has 1 aromatic heterocycles. The van der Waals surface area contributed by atoms with Crippen LogP contribution < -0.4 is 15.7 Å². The molecule has 1 fully saturated rings. The normalized spacial score (nSPS) is 18.0. The third-order valence-electron chi connectivity index (χ3n) is 8.34. The van der Waals surface area contributed by atoms with E-state index in [9.17, 15) is 14.7 Å². The zero-order chi connectivity index (χ0) is 32.7. The van der Waals surface area contributed by atoms with E-state index in [1.54, 1.807) is 26.8 Å². The maximum absolute atomic E-state index is 11.9. The van der Waals surface area contributed by atoms with Crippen molar-refractivity contribution >= 4 is 36.8 Å². The van der Waals surface area contributed by atoms with Crippen molar-refractivity contribution in [1.82, 2.24) is 14.9 Å². The minimum absolute atomic E-state index is 0.0637. The van der Waals surface area contributed by atoms with Crippen molar-refractivity contribution in [3.63, 3.8) is 0 Å². The second kappa shape index (κ2) is 14.6. The third kappa shape index (κ3) is 8.95. The monoisotopic (exact) mass is 631 g/mol. The lowest BCUT2D eigenvalue weighted by molar-refractivity contribution is -0.132. The molecule has 9 heteroatoms. The van der Waals surface area contributed by atoms with E-state index in [1.165, 1.54) is 10.4 Å². The minimum atomic E-state index is -2.61. The Labute approximate surface area is 269 Å². The van der Waals surface area contributed by atoms with E-state index in [4.69, 9.17) is 9.16 Å². The van der Waals surface area contributed by atoms with Crippen LogP contribution in [0.3, 0.4) is 0 Å². The molecule has 1 heterocycles. The molecule has 1 aliphatic carbocycles. The highest BCUT2D eigenvalue weighted by Gasteiger charge is 2.51. The number of hydrogen-bond donors (Lipinski definition) is 2. The minimum Gasteiger partial charge on any atom is -0.478 e. The Kier molecular flexibility index (Phi) is 11.1. The first-order valence-electron chi connectivity index (χ1n) is 16.0. The predicted molar refractivity (Wildman–Crippen MR) is 181 cm³/mol. The van der Waals surface area contributed by atoms with E-state index in [-0.39, 0.29) is 22.8 Å². The molecular weight excluding hydrogens is 582 g/mol. The van der Waals surface area contributed by atoms with E-state index in [2.05, 4.69) is 96.3 Å². The molecule has 1 amide bonds. The molecular formula is C36H49N3O5Si. The number of carbonyl (C=O) groups excluding carboxylic acids is 1. The van der Waals surface area contributed by atoms with Crippen molar-refractivity contribution in [2.45, 2.75) is 103 Å². The van der Waals surface area contributed by atoms with Crippen molar-refractivity contribution in [1.29, 1.82) is 0 Å². The van der Waals surface area contributed by atoms with Gasteiger partial charge in [0.25, 0.3) is 8.32 Å². The number of benzene rings is 2. The summed E-state index contributed by atoms with van der Waals surface area (Å²) in [6.07, 6.45) is 9.64. The van der Waals surface area contributed by atoms with Gasteiger partial charge in [-0.25, -0.2) is 14.6 Å². The average molecular weight is 632 g/mol. The number of carboxylic acid groups (broad SMARTS) is 1. The summed E-state index contributed by atoms with van der Waals surface area (Å²) in [6.45, 7) is 12.7. The topological polar surface area (TPSA) is 103 Å². The summed E-state index contributed by atoms with van der Waals surface area (Å²) >= 11 is 0. The maximum Gasteiger partial charge on any atom is 0.407 e. The van der Waals surface area contributed by atoms with E-state index in [0.29, 0.717) is 25.1 Å². The van der Waals surface area contributed by atoms with Gasteiger partial charge in [-0.05, 0) is 80.8 Å². The zero-order valence-electron chi connectivity index (χ0n) is 27.6. The summed E-state index contributed by atoms with van der Waals surface area (Å²) < 4.78 is 14.7. The fourth-order valence-corrected chi connectivity index (χ4v) is 11.0. The quantitative estimate of drug-likeness (QED) is 0.138. The average Bonchev–Trinajstić information content (AvgIpc) is 3.45. The summed E-state index contributed by atoms with van der Waals surface area (Å²) in [4.78, 5) is 28.3. The third-order valence-corrected chi connectivity index (χ3v) is 13.4. The Morgan fingerprint density at radius 3 is 2.04 bits per heavy atom. The van der Waals surface area contributed by atoms with E-state index < -0.39 is 26.0 Å². The molecule has 0 saturated heterocycles. The molecule has 1 saturated carbocycles. The van der Waals surface area contributed by atoms with Gasteiger partial charge in [-0.2, -0.15) is 0 Å². The Hall–Kier alpha value is -3.69. The van der Waals surface area contributed by atoms with Crippen LogP contribution in [0.4, 0.5) is 4.79 Å². The zero-order valence-corrected chi connectivity index (χ0v) is 28.6. The van der Waals surface area contributed by atoms with Crippen LogP contribution in [0.5, 0.6) is 0 Å². The molecule has 0 spiro atoms. The first kappa shape index (κ1) is 34.2. The number of carbonyl (C=O) groups is 2. The number of ether oxygens (including phenoxy) is 1. The number of nitrogens with one attached hydrogen (secondary N) is 1. The van der Waals surface area contributed by atoms with Crippen molar-refractivity contribution in [3.8, 4) is 0 Å². The molecule has 45 heavy (non-hydrogen) atoms. The van der Waals surface area contributed by atoms with Gasteiger partial charge < -0.3 is 24.2 Å². The van der Waals surface area contributed by atoms with Crippen LogP contribution in [0.15, 0.2) is 78.8 Å². The number of carboxylic acids is 1. The highest BCUT2D eigenvalue weighted by molar-refractivity contribution is 6.99. The van der Waals surface area contributed by atoms with Gasteiger partial charge in [0.1, 0.15) is 5.60 Å². The van der Waals surface area contributed by atoms with Gasteiger partial charge in [0, 0.05) is 30.5 Å². The van der Waals surface area contributed by atoms with Gasteiger partial charge in [-0.15, -0.1) is 0 Å². The van der Waals surface area contributed by atoms with Crippen LogP contribution in [0.25, 0.3) is 6.08 Å². The van der Waals surface area contributed by atoms with Crippen molar-refractivity contribution < 1.29 is 23.9 Å². The molecule has 3 aromatic rings. The fraction of sp³-hybridized carbons (Fsp3) is 0.472. The van der Waals surface area contributed by atoms with Crippen LogP contribution in [-0.4, -0.2) is 53.3 Å². The first-order valence-corrected chi connectivity index (χ1v) is 17.9. The lowest BCUT2D eigenvalue weighted by Gasteiger charge is -2.46. The number of aromatic nitrogens is 2. The molecule has 8 nitrogen and oxygen atoms in total. The highest BCUT2D eigenvalue weighted by atomic mass is 28.4. The van der Waals surface area contributed by atoms with Gasteiger partial charge in [-0.3, -0.25) is 0 Å². The van der Waals surface area contributed by atoms with Crippen LogP contribution in [0.2, 0.25) is 5.04 Å². The lowest BCUT2D eigenvalue weighted by Crippen LogP contribution is -2.67. The maximum atomic E-state index is 11.9. The van der Waals surface area contributed by atoms with Crippen LogP contribution in [-0.2, 0) is 14.0 Å². The van der Waals surface area contributed by atoms with Gasteiger partial charge in [-0.1, -0.05) is 81.4 Å². The number of aliphatic carboxylic acids is 1. The highest BCUT2D eigenvalue weighted by Crippen LogP contribution is 2.40. The molecule has 2 aromatic carbocycles. The smallest absolute Gasteiger partial charge is 0.407 e. The Morgan fingerprint density at radius 2 is 1.53 bits per heavy atom. The molecule has 2 N–H and O–H groups in total. The Balaban J connectivity index is 1.40. The number of nitrogens with zero attached hydrogens (tertiary/aromatic N) is 2. The molecule has 0 radical (unpaired) electrons. The van der Waals surface area contributed by atoms with Gasteiger partial charge in [0.15, 0.2) is 0 Å². The molecule has 0 atom stereocenters. The van der Waals surface area contributed by atoms with Crippen molar-refractivity contribution in [3.05, 3.63) is 84.5 Å². The Bertz CT molecular complexity index is 1390. The number of amides is 1. The van der Waals surface area contributed by atoms with Gasteiger partial charge >= 0.3 is 12.1 Å². The number of hydrogen-bond acceptors (Lipinski definition) is 5. The van der Waals surface area contributed by atoms with Crippen LogP contribution in [0, 0.1) is 0 Å². The molecule has 0 unspecified atom stereocenters. The summed E-state index contributed by atoms with van der Waals surface area (Å²) in [6, 6.07) is 21.8. The molecule has 0 bridgehead atoms.